The number of carbonyl (C=O) groups excluding carboxylic acids is 1. The third kappa shape index (κ3) is 3.56. The Morgan fingerprint density at radius 3 is 3.12 bits per heavy atom. The molecule has 0 amide bonds. The lowest BCUT2D eigenvalue weighted by molar-refractivity contribution is 0.00219. The summed E-state index contributed by atoms with van der Waals surface area (Å²) in [6, 6.07) is 8.02. The maximum Gasteiger partial charge on any atom is 0.341 e. The minimum Gasteiger partial charge on any atom is -0.458 e. The quantitative estimate of drug-likeness (QED) is 0.819. The number of halogens is 1. The monoisotopic (exact) mass is 360 g/mol. The number of esters is 1. The van der Waals surface area contributed by atoms with E-state index in [0.717, 1.165) is 31.4 Å². The van der Waals surface area contributed by atoms with E-state index in [9.17, 15) is 4.79 Å². The molecular formula is C18H21ClN4O2. The Hall–Kier alpha value is -1.89. The van der Waals surface area contributed by atoms with Crippen molar-refractivity contribution in [2.45, 2.75) is 38.0 Å². The molecule has 4 rings (SSSR count). The highest BCUT2D eigenvalue weighted by atomic mass is 35.5. The molecule has 0 spiro atoms. The molecule has 2 aliphatic rings. The second-order valence-electron chi connectivity index (χ2n) is 6.69. The molecule has 0 bridgehead atoms. The van der Waals surface area contributed by atoms with Gasteiger partial charge in [-0.15, -0.1) is 0 Å². The van der Waals surface area contributed by atoms with Crippen molar-refractivity contribution in [2.75, 3.05) is 6.54 Å². The highest BCUT2D eigenvalue weighted by Crippen LogP contribution is 2.29. The number of ether oxygens (including phenoxy) is 1. The molecule has 3 unspecified atom stereocenters. The predicted molar refractivity (Wildman–Crippen MR) is 94.3 cm³/mol. The van der Waals surface area contributed by atoms with Crippen molar-refractivity contribution in [2.24, 2.45) is 5.92 Å². The summed E-state index contributed by atoms with van der Waals surface area (Å²) in [5.41, 5.74) is 7.88. The van der Waals surface area contributed by atoms with Crippen LogP contribution in [0.5, 0.6) is 0 Å². The highest BCUT2D eigenvalue weighted by molar-refractivity contribution is 6.31. The van der Waals surface area contributed by atoms with E-state index in [1.165, 1.54) is 0 Å². The Balaban J connectivity index is 1.41. The fraction of sp³-hybridized carbons (Fsp3) is 0.444. The Morgan fingerprint density at radius 2 is 2.24 bits per heavy atom. The number of nitrogens with one attached hydrogen (secondary N) is 2. The molecule has 132 valence electrons. The fourth-order valence-electron chi connectivity index (χ4n) is 3.70. The maximum atomic E-state index is 12.5. The van der Waals surface area contributed by atoms with E-state index < -0.39 is 0 Å². The van der Waals surface area contributed by atoms with Crippen molar-refractivity contribution in [3.8, 4) is 0 Å². The zero-order valence-electron chi connectivity index (χ0n) is 13.8. The first kappa shape index (κ1) is 16.6. The van der Waals surface area contributed by atoms with Gasteiger partial charge in [-0.25, -0.2) is 4.79 Å². The van der Waals surface area contributed by atoms with Crippen LogP contribution in [0.2, 0.25) is 5.02 Å². The lowest BCUT2D eigenvalue weighted by atomic mass is 9.83. The van der Waals surface area contributed by atoms with Crippen molar-refractivity contribution in [1.29, 1.82) is 0 Å². The molecule has 0 radical (unpaired) electrons. The van der Waals surface area contributed by atoms with Gasteiger partial charge >= 0.3 is 5.97 Å². The van der Waals surface area contributed by atoms with Gasteiger partial charge in [-0.05, 0) is 30.9 Å². The zero-order chi connectivity index (χ0) is 17.2. The number of fused-ring (bicyclic) bond motifs is 1. The van der Waals surface area contributed by atoms with Crippen LogP contribution in [0.15, 0.2) is 36.7 Å². The van der Waals surface area contributed by atoms with Crippen molar-refractivity contribution in [1.82, 2.24) is 20.6 Å². The van der Waals surface area contributed by atoms with E-state index in [1.807, 2.05) is 24.3 Å². The summed E-state index contributed by atoms with van der Waals surface area (Å²) < 4.78 is 7.49. The van der Waals surface area contributed by atoms with Crippen LogP contribution in [-0.2, 0) is 11.3 Å². The zero-order valence-corrected chi connectivity index (χ0v) is 14.6. The summed E-state index contributed by atoms with van der Waals surface area (Å²) in [7, 11) is 0. The van der Waals surface area contributed by atoms with E-state index >= 15 is 0 Å². The molecule has 1 aromatic heterocycles. The number of hydrogen-bond donors (Lipinski definition) is 2. The predicted octanol–water partition coefficient (Wildman–Crippen LogP) is 2.39. The van der Waals surface area contributed by atoms with E-state index in [1.54, 1.807) is 17.1 Å². The van der Waals surface area contributed by atoms with Crippen LogP contribution < -0.4 is 10.9 Å². The van der Waals surface area contributed by atoms with Gasteiger partial charge < -0.3 is 4.74 Å². The van der Waals surface area contributed by atoms with Gasteiger partial charge in [0, 0.05) is 29.7 Å². The van der Waals surface area contributed by atoms with Gasteiger partial charge in [0.2, 0.25) is 0 Å². The molecule has 1 saturated heterocycles. The number of rotatable bonds is 4. The number of benzene rings is 1. The number of carbonyl (C=O) groups is 1. The molecule has 1 aliphatic heterocycles. The van der Waals surface area contributed by atoms with Crippen LogP contribution in [0.3, 0.4) is 0 Å². The average Bonchev–Trinajstić information content (AvgIpc) is 3.27. The van der Waals surface area contributed by atoms with Gasteiger partial charge in [0.05, 0.1) is 18.3 Å². The molecule has 1 aromatic carbocycles. The lowest BCUT2D eigenvalue weighted by Gasteiger charge is -2.31. The minimum atomic E-state index is -0.303. The third-order valence-electron chi connectivity index (χ3n) is 5.04. The van der Waals surface area contributed by atoms with Gasteiger partial charge in [0.25, 0.3) is 0 Å². The Labute approximate surface area is 151 Å². The summed E-state index contributed by atoms with van der Waals surface area (Å²) >= 11 is 6.18. The molecule has 2 heterocycles. The largest absolute Gasteiger partial charge is 0.458 e. The van der Waals surface area contributed by atoms with Crippen LogP contribution in [0.25, 0.3) is 0 Å². The van der Waals surface area contributed by atoms with E-state index in [0.29, 0.717) is 29.1 Å². The summed E-state index contributed by atoms with van der Waals surface area (Å²) in [5, 5.41) is 4.96. The van der Waals surface area contributed by atoms with Crippen LogP contribution in [-0.4, -0.2) is 34.4 Å². The second kappa shape index (κ2) is 7.15. The smallest absolute Gasteiger partial charge is 0.341 e. The molecule has 1 aliphatic carbocycles. The molecular weight excluding hydrogens is 340 g/mol. The van der Waals surface area contributed by atoms with Crippen LogP contribution >= 0.6 is 11.6 Å². The van der Waals surface area contributed by atoms with Crippen LogP contribution in [0.1, 0.15) is 35.2 Å². The van der Waals surface area contributed by atoms with Gasteiger partial charge in [0.1, 0.15) is 6.10 Å². The second-order valence-corrected chi connectivity index (χ2v) is 7.10. The lowest BCUT2D eigenvalue weighted by Crippen LogP contribution is -2.41. The first-order chi connectivity index (χ1) is 12.2. The highest BCUT2D eigenvalue weighted by Gasteiger charge is 2.38. The number of hydrogen-bond acceptors (Lipinski definition) is 5. The van der Waals surface area contributed by atoms with Crippen molar-refractivity contribution < 1.29 is 9.53 Å². The first-order valence-corrected chi connectivity index (χ1v) is 9.04. The Morgan fingerprint density at radius 1 is 1.36 bits per heavy atom. The van der Waals surface area contributed by atoms with E-state index in [2.05, 4.69) is 16.0 Å². The molecule has 2 N–H and O–H groups in total. The summed E-state index contributed by atoms with van der Waals surface area (Å²) in [5.74, 6) is 0.0406. The minimum absolute atomic E-state index is 0.0410. The number of nitrogens with zero attached hydrogens (tertiary/aromatic N) is 2. The normalized spacial score (nSPS) is 25.6. The van der Waals surface area contributed by atoms with Gasteiger partial charge in [-0.3, -0.25) is 15.5 Å². The molecule has 1 saturated carbocycles. The molecule has 25 heavy (non-hydrogen) atoms. The van der Waals surface area contributed by atoms with E-state index in [-0.39, 0.29) is 12.1 Å². The number of hydrazine groups is 1. The van der Waals surface area contributed by atoms with Gasteiger partial charge in [0.15, 0.2) is 0 Å². The van der Waals surface area contributed by atoms with Crippen LogP contribution in [0, 0.1) is 5.92 Å². The fourth-order valence-corrected chi connectivity index (χ4v) is 3.89. The average molecular weight is 361 g/mol. The molecule has 2 aromatic rings. The topological polar surface area (TPSA) is 68.2 Å². The summed E-state index contributed by atoms with van der Waals surface area (Å²) in [4.78, 5) is 12.5. The molecule has 6 nitrogen and oxygen atoms in total. The molecule has 7 heteroatoms. The SMILES string of the molecule is O=C(OC1CCCC2NNCC21)c1cnn(Cc2ccccc2Cl)c1. The van der Waals surface area contributed by atoms with Gasteiger partial charge in [-0.1, -0.05) is 29.8 Å². The molecule has 3 atom stereocenters. The standard InChI is InChI=1S/C18H21ClN4O2/c19-15-5-2-1-4-12(15)10-23-11-13(8-21-23)18(24)25-17-7-3-6-16-14(17)9-20-22-16/h1-2,4-5,8,11,14,16-17,20,22H,3,6-7,9-10H2. The van der Waals surface area contributed by atoms with Crippen molar-refractivity contribution in [3.05, 3.63) is 52.8 Å². The van der Waals surface area contributed by atoms with Crippen LogP contribution in [0.4, 0.5) is 0 Å². The third-order valence-corrected chi connectivity index (χ3v) is 5.41. The Bertz CT molecular complexity index is 763. The van der Waals surface area contributed by atoms with Gasteiger partial charge in [-0.2, -0.15) is 5.10 Å². The summed E-state index contributed by atoms with van der Waals surface area (Å²) in [6.45, 7) is 1.36. The molecule has 2 fully saturated rings. The Kier molecular flexibility index (Phi) is 4.74. The summed E-state index contributed by atoms with van der Waals surface area (Å²) in [6.07, 6.45) is 6.35. The van der Waals surface area contributed by atoms with Crippen molar-refractivity contribution in [3.63, 3.8) is 0 Å². The maximum absolute atomic E-state index is 12.5. The first-order valence-electron chi connectivity index (χ1n) is 8.66. The van der Waals surface area contributed by atoms with Crippen molar-refractivity contribution >= 4 is 17.6 Å². The van der Waals surface area contributed by atoms with E-state index in [4.69, 9.17) is 16.3 Å². The number of aromatic nitrogens is 2.